The third-order valence-electron chi connectivity index (χ3n) is 5.24. The summed E-state index contributed by atoms with van der Waals surface area (Å²) in [6.45, 7) is 4.34. The molecular weight excluding hydrogens is 376 g/mol. The molecule has 2 aromatic carbocycles. The first-order chi connectivity index (χ1) is 14.9. The van der Waals surface area contributed by atoms with Gasteiger partial charge in [-0.05, 0) is 23.8 Å². The van der Waals surface area contributed by atoms with Crippen molar-refractivity contribution in [3.63, 3.8) is 0 Å². The molecule has 0 amide bonds. The van der Waals surface area contributed by atoms with E-state index in [9.17, 15) is 0 Å². The van der Waals surface area contributed by atoms with E-state index in [0.717, 1.165) is 55.0 Å². The molecule has 1 aliphatic heterocycles. The number of ether oxygens (including phenoxy) is 2. The van der Waals surface area contributed by atoms with Gasteiger partial charge in [-0.3, -0.25) is 9.88 Å². The maximum absolute atomic E-state index is 6.06. The van der Waals surface area contributed by atoms with Crippen LogP contribution < -0.4 is 4.74 Å². The number of hydrogen-bond acceptors (Lipinski definition) is 6. The van der Waals surface area contributed by atoms with Gasteiger partial charge in [0.15, 0.2) is 5.75 Å². The summed E-state index contributed by atoms with van der Waals surface area (Å²) in [6.07, 6.45) is 1.79. The number of pyridine rings is 1. The molecule has 6 nitrogen and oxygen atoms in total. The van der Waals surface area contributed by atoms with Crippen LogP contribution in [0.1, 0.15) is 5.56 Å². The molecule has 6 heteroatoms. The second kappa shape index (κ2) is 8.57. The van der Waals surface area contributed by atoms with E-state index in [-0.39, 0.29) is 0 Å². The van der Waals surface area contributed by atoms with Gasteiger partial charge in [-0.1, -0.05) is 42.5 Å². The Kier molecular flexibility index (Phi) is 5.33. The van der Waals surface area contributed by atoms with Gasteiger partial charge in [-0.15, -0.1) is 10.2 Å². The molecule has 30 heavy (non-hydrogen) atoms. The lowest BCUT2D eigenvalue weighted by molar-refractivity contribution is 0.0343. The average molecular weight is 398 g/mol. The highest BCUT2D eigenvalue weighted by molar-refractivity contribution is 5.87. The Labute approximate surface area is 175 Å². The van der Waals surface area contributed by atoms with Crippen molar-refractivity contribution in [1.29, 1.82) is 0 Å². The zero-order valence-corrected chi connectivity index (χ0v) is 16.6. The Hall–Kier alpha value is -3.35. The third-order valence-corrected chi connectivity index (χ3v) is 5.24. The molecule has 0 unspecified atom stereocenters. The quantitative estimate of drug-likeness (QED) is 0.499. The van der Waals surface area contributed by atoms with Gasteiger partial charge in [-0.2, -0.15) is 0 Å². The van der Waals surface area contributed by atoms with E-state index in [0.29, 0.717) is 11.6 Å². The second-order valence-electron chi connectivity index (χ2n) is 7.24. The summed E-state index contributed by atoms with van der Waals surface area (Å²) in [5, 5.41) is 9.65. The van der Waals surface area contributed by atoms with Crippen LogP contribution in [0, 0.1) is 0 Å². The molecule has 2 aromatic heterocycles. The fourth-order valence-electron chi connectivity index (χ4n) is 3.68. The van der Waals surface area contributed by atoms with Crippen molar-refractivity contribution in [3.8, 4) is 22.9 Å². The van der Waals surface area contributed by atoms with Crippen LogP contribution >= 0.6 is 0 Å². The van der Waals surface area contributed by atoms with Gasteiger partial charge >= 0.3 is 0 Å². The van der Waals surface area contributed by atoms with E-state index >= 15 is 0 Å². The van der Waals surface area contributed by atoms with Crippen LogP contribution in [0.15, 0.2) is 72.9 Å². The number of aromatic nitrogens is 3. The largest absolute Gasteiger partial charge is 0.435 e. The maximum Gasteiger partial charge on any atom is 0.238 e. The minimum absolute atomic E-state index is 0.447. The van der Waals surface area contributed by atoms with Gasteiger partial charge in [-0.25, -0.2) is 0 Å². The molecule has 0 atom stereocenters. The predicted octanol–water partition coefficient (Wildman–Crippen LogP) is 4.32. The second-order valence-corrected chi connectivity index (χ2v) is 7.24. The molecule has 3 heterocycles. The van der Waals surface area contributed by atoms with Crippen molar-refractivity contribution < 1.29 is 9.47 Å². The van der Waals surface area contributed by atoms with Crippen LogP contribution in [-0.2, 0) is 11.3 Å². The smallest absolute Gasteiger partial charge is 0.238 e. The summed E-state index contributed by atoms with van der Waals surface area (Å²) in [5.74, 6) is 1.13. The minimum Gasteiger partial charge on any atom is -0.435 e. The Morgan fingerprint density at radius 1 is 0.867 bits per heavy atom. The molecule has 0 saturated carbocycles. The maximum atomic E-state index is 6.06. The lowest BCUT2D eigenvalue weighted by Gasteiger charge is -2.27. The summed E-state index contributed by atoms with van der Waals surface area (Å²) in [7, 11) is 0. The van der Waals surface area contributed by atoms with E-state index in [4.69, 9.17) is 9.47 Å². The molecule has 0 N–H and O–H groups in total. The summed E-state index contributed by atoms with van der Waals surface area (Å²) in [5.41, 5.74) is 3.90. The van der Waals surface area contributed by atoms with Crippen molar-refractivity contribution in [1.82, 2.24) is 20.1 Å². The van der Waals surface area contributed by atoms with Crippen LogP contribution in [0.3, 0.4) is 0 Å². The van der Waals surface area contributed by atoms with Crippen LogP contribution in [0.4, 0.5) is 0 Å². The summed E-state index contributed by atoms with van der Waals surface area (Å²) in [4.78, 5) is 6.98. The van der Waals surface area contributed by atoms with E-state index in [1.54, 1.807) is 6.20 Å². The minimum atomic E-state index is 0.447. The normalized spacial score (nSPS) is 14.7. The number of morpholine rings is 1. The standard InChI is InChI=1S/C24H22N4O2/c1-2-5-18(6-3-1)21-9-11-23(27-26-21)30-22-10-8-19(17-28-13-15-29-16-14-28)20-7-4-12-25-24(20)22/h1-12H,13-17H2. The molecular formula is C24H22N4O2. The number of hydrogen-bond donors (Lipinski definition) is 0. The Morgan fingerprint density at radius 2 is 1.73 bits per heavy atom. The average Bonchev–Trinajstić information content (AvgIpc) is 2.82. The Balaban J connectivity index is 1.40. The molecule has 150 valence electrons. The van der Waals surface area contributed by atoms with Gasteiger partial charge < -0.3 is 9.47 Å². The van der Waals surface area contributed by atoms with E-state index in [1.807, 2.05) is 54.6 Å². The highest BCUT2D eigenvalue weighted by atomic mass is 16.5. The van der Waals surface area contributed by atoms with E-state index in [1.165, 1.54) is 5.56 Å². The van der Waals surface area contributed by atoms with Crippen LogP contribution in [0.5, 0.6) is 11.6 Å². The van der Waals surface area contributed by atoms with E-state index in [2.05, 4.69) is 32.2 Å². The number of rotatable bonds is 5. The summed E-state index contributed by atoms with van der Waals surface area (Å²) >= 11 is 0. The number of benzene rings is 2. The van der Waals surface area contributed by atoms with Gasteiger partial charge in [0.05, 0.1) is 18.9 Å². The van der Waals surface area contributed by atoms with Crippen LogP contribution in [-0.4, -0.2) is 46.4 Å². The number of nitrogens with zero attached hydrogens (tertiary/aromatic N) is 4. The number of fused-ring (bicyclic) bond motifs is 1. The van der Waals surface area contributed by atoms with E-state index < -0.39 is 0 Å². The molecule has 4 aromatic rings. The van der Waals surface area contributed by atoms with Crippen molar-refractivity contribution >= 4 is 10.9 Å². The molecule has 0 bridgehead atoms. The molecule has 0 radical (unpaired) electrons. The first-order valence-corrected chi connectivity index (χ1v) is 10.1. The third kappa shape index (κ3) is 4.01. The monoisotopic (exact) mass is 398 g/mol. The molecule has 1 fully saturated rings. The summed E-state index contributed by atoms with van der Waals surface area (Å²) in [6, 6.07) is 21.9. The lowest BCUT2D eigenvalue weighted by atomic mass is 10.1. The highest BCUT2D eigenvalue weighted by Gasteiger charge is 2.15. The fourth-order valence-corrected chi connectivity index (χ4v) is 3.68. The zero-order valence-electron chi connectivity index (χ0n) is 16.6. The zero-order chi connectivity index (χ0) is 20.2. The molecule has 0 spiro atoms. The van der Waals surface area contributed by atoms with Gasteiger partial charge in [0.25, 0.3) is 0 Å². The van der Waals surface area contributed by atoms with Crippen molar-refractivity contribution in [2.24, 2.45) is 0 Å². The van der Waals surface area contributed by atoms with Gasteiger partial charge in [0, 0.05) is 42.8 Å². The molecule has 5 rings (SSSR count). The summed E-state index contributed by atoms with van der Waals surface area (Å²) < 4.78 is 11.5. The van der Waals surface area contributed by atoms with Crippen molar-refractivity contribution in [2.75, 3.05) is 26.3 Å². The highest BCUT2D eigenvalue weighted by Crippen LogP contribution is 2.31. The molecule has 0 aliphatic carbocycles. The van der Waals surface area contributed by atoms with Gasteiger partial charge in [0.2, 0.25) is 5.88 Å². The van der Waals surface area contributed by atoms with Gasteiger partial charge in [0.1, 0.15) is 5.52 Å². The van der Waals surface area contributed by atoms with Crippen LogP contribution in [0.25, 0.3) is 22.2 Å². The van der Waals surface area contributed by atoms with Crippen molar-refractivity contribution in [3.05, 3.63) is 78.5 Å². The van der Waals surface area contributed by atoms with Crippen LogP contribution in [0.2, 0.25) is 0 Å². The SMILES string of the molecule is c1ccc(-c2ccc(Oc3ccc(CN4CCOCC4)c4cccnc34)nn2)cc1. The molecule has 1 aliphatic rings. The Morgan fingerprint density at radius 3 is 2.53 bits per heavy atom. The molecule has 1 saturated heterocycles. The first-order valence-electron chi connectivity index (χ1n) is 10.1. The lowest BCUT2D eigenvalue weighted by Crippen LogP contribution is -2.35. The Bertz CT molecular complexity index is 1130. The topological polar surface area (TPSA) is 60.4 Å². The fraction of sp³-hybridized carbons (Fsp3) is 0.208. The predicted molar refractivity (Wildman–Crippen MR) is 115 cm³/mol. The first kappa shape index (κ1) is 18.7. The van der Waals surface area contributed by atoms with Crippen molar-refractivity contribution in [2.45, 2.75) is 6.54 Å².